The number of amides is 1. The van der Waals surface area contributed by atoms with Crippen molar-refractivity contribution in [3.8, 4) is 0 Å². The summed E-state index contributed by atoms with van der Waals surface area (Å²) >= 11 is 0. The number of guanidine groups is 1. The molecular formula is C21H33N5O2. The van der Waals surface area contributed by atoms with Gasteiger partial charge in [-0.25, -0.2) is 0 Å². The van der Waals surface area contributed by atoms with Crippen LogP contribution in [0.15, 0.2) is 29.3 Å². The molecule has 1 atom stereocenters. The van der Waals surface area contributed by atoms with Gasteiger partial charge in [0.25, 0.3) is 0 Å². The van der Waals surface area contributed by atoms with Gasteiger partial charge in [-0.2, -0.15) is 0 Å². The van der Waals surface area contributed by atoms with E-state index < -0.39 is 0 Å². The van der Waals surface area contributed by atoms with Crippen LogP contribution in [-0.4, -0.2) is 75.8 Å². The number of hydrogen-bond acceptors (Lipinski definition) is 4. The number of nitrogens with zero attached hydrogens (tertiary/aromatic N) is 3. The van der Waals surface area contributed by atoms with E-state index in [1.165, 1.54) is 5.56 Å². The lowest BCUT2D eigenvalue weighted by Crippen LogP contribution is -2.53. The summed E-state index contributed by atoms with van der Waals surface area (Å²) in [4.78, 5) is 21.3. The van der Waals surface area contributed by atoms with E-state index in [-0.39, 0.29) is 12.5 Å². The topological polar surface area (TPSA) is 69.2 Å². The van der Waals surface area contributed by atoms with E-state index in [1.54, 1.807) is 7.05 Å². The highest BCUT2D eigenvalue weighted by atomic mass is 16.5. The SMILES string of the molecule is CN=C(NCC(=O)N1CCc2ccccc21)NCC(C(C)C)N1CCOCC1. The minimum absolute atomic E-state index is 0.0708. The van der Waals surface area contributed by atoms with E-state index in [2.05, 4.69) is 40.4 Å². The molecule has 1 unspecified atom stereocenters. The average Bonchev–Trinajstić information content (AvgIpc) is 3.15. The molecule has 2 N–H and O–H groups in total. The third-order valence-corrected chi connectivity index (χ3v) is 5.58. The number of benzene rings is 1. The first kappa shape index (κ1) is 20.6. The normalized spacial score (nSPS) is 18.9. The Kier molecular flexibility index (Phi) is 7.28. The number of hydrogen-bond donors (Lipinski definition) is 2. The quantitative estimate of drug-likeness (QED) is 0.565. The highest BCUT2D eigenvalue weighted by Gasteiger charge is 2.25. The number of carbonyl (C=O) groups excluding carboxylic acids is 1. The molecule has 0 saturated carbocycles. The molecule has 28 heavy (non-hydrogen) atoms. The van der Waals surface area contributed by atoms with Gasteiger partial charge >= 0.3 is 0 Å². The van der Waals surface area contributed by atoms with Crippen LogP contribution in [0.3, 0.4) is 0 Å². The Balaban J connectivity index is 1.50. The Bertz CT molecular complexity index is 685. The second kappa shape index (κ2) is 9.89. The van der Waals surface area contributed by atoms with E-state index >= 15 is 0 Å². The van der Waals surface area contributed by atoms with Gasteiger partial charge in [0.15, 0.2) is 5.96 Å². The minimum atomic E-state index is 0.0708. The molecule has 0 spiro atoms. The van der Waals surface area contributed by atoms with E-state index in [0.717, 1.165) is 51.5 Å². The van der Waals surface area contributed by atoms with Gasteiger partial charge in [-0.15, -0.1) is 0 Å². The van der Waals surface area contributed by atoms with Crippen molar-refractivity contribution in [2.24, 2.45) is 10.9 Å². The first-order valence-corrected chi connectivity index (χ1v) is 10.2. The molecule has 0 aromatic heterocycles. The molecule has 2 heterocycles. The Morgan fingerprint density at radius 3 is 2.64 bits per heavy atom. The number of rotatable bonds is 6. The lowest BCUT2D eigenvalue weighted by molar-refractivity contribution is -0.117. The third kappa shape index (κ3) is 5.02. The van der Waals surface area contributed by atoms with E-state index in [1.807, 2.05) is 23.1 Å². The van der Waals surface area contributed by atoms with Crippen LogP contribution in [0.4, 0.5) is 5.69 Å². The molecule has 1 saturated heterocycles. The average molecular weight is 388 g/mol. The molecule has 7 heteroatoms. The number of aliphatic imine (C=N–C) groups is 1. The standard InChI is InChI=1S/C21H33N5O2/c1-16(2)19(25-10-12-28-13-11-25)14-23-21(22-3)24-15-20(27)26-9-8-17-6-4-5-7-18(17)26/h4-7,16,19H,8-15H2,1-3H3,(H2,22,23,24). The van der Waals surface area contributed by atoms with Crippen LogP contribution in [0.1, 0.15) is 19.4 Å². The van der Waals surface area contributed by atoms with E-state index in [9.17, 15) is 4.79 Å². The Morgan fingerprint density at radius 2 is 1.93 bits per heavy atom. The van der Waals surface area contributed by atoms with E-state index in [0.29, 0.717) is 17.9 Å². The van der Waals surface area contributed by atoms with Crippen molar-refractivity contribution in [3.63, 3.8) is 0 Å². The van der Waals surface area contributed by atoms with Crippen molar-refractivity contribution in [3.05, 3.63) is 29.8 Å². The summed E-state index contributed by atoms with van der Waals surface area (Å²) in [6.07, 6.45) is 0.921. The van der Waals surface area contributed by atoms with E-state index in [4.69, 9.17) is 4.74 Å². The number of carbonyl (C=O) groups is 1. The molecule has 1 amide bonds. The Labute approximate surface area is 168 Å². The summed E-state index contributed by atoms with van der Waals surface area (Å²) in [5.74, 6) is 1.26. The maximum Gasteiger partial charge on any atom is 0.246 e. The Hall–Kier alpha value is -2.12. The molecule has 0 aliphatic carbocycles. The lowest BCUT2D eigenvalue weighted by Gasteiger charge is -2.37. The fourth-order valence-corrected chi connectivity index (χ4v) is 3.97. The fraction of sp³-hybridized carbons (Fsp3) is 0.619. The van der Waals surface area contributed by atoms with Gasteiger partial charge < -0.3 is 20.3 Å². The third-order valence-electron chi connectivity index (χ3n) is 5.58. The highest BCUT2D eigenvalue weighted by Crippen LogP contribution is 2.27. The van der Waals surface area contributed by atoms with Crippen molar-refractivity contribution in [1.82, 2.24) is 15.5 Å². The van der Waals surface area contributed by atoms with Crippen molar-refractivity contribution in [1.29, 1.82) is 0 Å². The molecule has 0 radical (unpaired) electrons. The number of morpholine rings is 1. The number of nitrogens with one attached hydrogen (secondary N) is 2. The summed E-state index contributed by atoms with van der Waals surface area (Å²) in [5.41, 5.74) is 2.27. The van der Waals surface area contributed by atoms with Gasteiger partial charge in [0.1, 0.15) is 0 Å². The lowest BCUT2D eigenvalue weighted by atomic mass is 10.0. The zero-order chi connectivity index (χ0) is 19.9. The van der Waals surface area contributed by atoms with Crippen LogP contribution in [0, 0.1) is 5.92 Å². The molecule has 2 aliphatic heterocycles. The number of ether oxygens (including phenoxy) is 1. The van der Waals surface area contributed by atoms with Crippen molar-refractivity contribution in [2.75, 3.05) is 57.9 Å². The van der Waals surface area contributed by atoms with Crippen LogP contribution >= 0.6 is 0 Å². The highest BCUT2D eigenvalue weighted by molar-refractivity contribution is 5.98. The molecule has 154 valence electrons. The largest absolute Gasteiger partial charge is 0.379 e. The maximum absolute atomic E-state index is 12.7. The molecule has 7 nitrogen and oxygen atoms in total. The molecular weight excluding hydrogens is 354 g/mol. The van der Waals surface area contributed by atoms with Crippen LogP contribution in [0.25, 0.3) is 0 Å². The monoisotopic (exact) mass is 387 g/mol. The van der Waals surface area contributed by atoms with Gasteiger partial charge in [-0.05, 0) is 24.0 Å². The number of fused-ring (bicyclic) bond motifs is 1. The molecule has 0 bridgehead atoms. The second-order valence-corrected chi connectivity index (χ2v) is 7.69. The first-order valence-electron chi connectivity index (χ1n) is 10.2. The summed E-state index contributed by atoms with van der Waals surface area (Å²) in [7, 11) is 1.74. The predicted octanol–water partition coefficient (Wildman–Crippen LogP) is 1.10. The summed E-state index contributed by atoms with van der Waals surface area (Å²) < 4.78 is 5.47. The van der Waals surface area contributed by atoms with Gasteiger partial charge in [0, 0.05) is 45.0 Å². The van der Waals surface area contributed by atoms with Gasteiger partial charge in [-0.3, -0.25) is 14.7 Å². The van der Waals surface area contributed by atoms with Crippen LogP contribution in [0.2, 0.25) is 0 Å². The number of para-hydroxylation sites is 1. The van der Waals surface area contributed by atoms with Crippen LogP contribution in [0.5, 0.6) is 0 Å². The number of anilines is 1. The molecule has 1 aromatic carbocycles. The smallest absolute Gasteiger partial charge is 0.246 e. The second-order valence-electron chi connectivity index (χ2n) is 7.69. The first-order chi connectivity index (χ1) is 13.6. The van der Waals surface area contributed by atoms with Gasteiger partial charge in [0.2, 0.25) is 5.91 Å². The molecule has 2 aliphatic rings. The van der Waals surface area contributed by atoms with Crippen LogP contribution in [-0.2, 0) is 16.0 Å². The zero-order valence-electron chi connectivity index (χ0n) is 17.3. The van der Waals surface area contributed by atoms with Gasteiger partial charge in [0.05, 0.1) is 19.8 Å². The molecule has 1 aromatic rings. The fourth-order valence-electron chi connectivity index (χ4n) is 3.97. The van der Waals surface area contributed by atoms with Crippen molar-refractivity contribution < 1.29 is 9.53 Å². The van der Waals surface area contributed by atoms with Gasteiger partial charge in [-0.1, -0.05) is 32.0 Å². The minimum Gasteiger partial charge on any atom is -0.379 e. The van der Waals surface area contributed by atoms with Crippen molar-refractivity contribution >= 4 is 17.6 Å². The van der Waals surface area contributed by atoms with Crippen molar-refractivity contribution in [2.45, 2.75) is 26.3 Å². The summed E-state index contributed by atoms with van der Waals surface area (Å²) in [6, 6.07) is 8.52. The summed E-state index contributed by atoms with van der Waals surface area (Å²) in [6.45, 7) is 9.77. The maximum atomic E-state index is 12.7. The summed E-state index contributed by atoms with van der Waals surface area (Å²) in [5, 5.41) is 6.58. The molecule has 1 fully saturated rings. The zero-order valence-corrected chi connectivity index (χ0v) is 17.3. The Morgan fingerprint density at radius 1 is 1.18 bits per heavy atom. The molecule has 3 rings (SSSR count). The predicted molar refractivity (Wildman–Crippen MR) is 113 cm³/mol. The van der Waals surface area contributed by atoms with Crippen LogP contribution < -0.4 is 15.5 Å².